The maximum absolute atomic E-state index is 12.3. The van der Waals surface area contributed by atoms with Crippen LogP contribution in [0.25, 0.3) is 16.8 Å². The zero-order valence-electron chi connectivity index (χ0n) is 26.2. The summed E-state index contributed by atoms with van der Waals surface area (Å²) in [5.41, 5.74) is 13.9. The highest BCUT2D eigenvalue weighted by Crippen LogP contribution is 2.39. The van der Waals surface area contributed by atoms with Crippen molar-refractivity contribution in [2.75, 3.05) is 14.2 Å². The van der Waals surface area contributed by atoms with Crippen LogP contribution in [0.4, 0.5) is 0 Å². The molecular weight excluding hydrogens is 552 g/mol. The Morgan fingerprint density at radius 2 is 1.40 bits per heavy atom. The summed E-state index contributed by atoms with van der Waals surface area (Å²) in [6.45, 7) is 10.8. The highest BCUT2D eigenvalue weighted by atomic mass is 28.3. The minimum absolute atomic E-state index is 0.229. The minimum atomic E-state index is -1.82. The fourth-order valence-electron chi connectivity index (χ4n) is 5.17. The van der Waals surface area contributed by atoms with Crippen molar-refractivity contribution in [3.63, 3.8) is 0 Å². The van der Waals surface area contributed by atoms with E-state index < -0.39 is 8.07 Å². The third kappa shape index (κ3) is 7.52. The molecule has 6 nitrogen and oxygen atoms in total. The second-order valence-corrected chi connectivity index (χ2v) is 16.4. The molecule has 0 amide bonds. The maximum Gasteiger partial charge on any atom is 0.305 e. The molecule has 0 spiro atoms. The second-order valence-electron chi connectivity index (χ2n) is 11.7. The van der Waals surface area contributed by atoms with Gasteiger partial charge in [0.15, 0.2) is 0 Å². The van der Waals surface area contributed by atoms with E-state index in [9.17, 15) is 9.59 Å². The molecule has 4 rings (SSSR count). The number of aliphatic imine (C=N–C) groups is 1. The number of esters is 2. The van der Waals surface area contributed by atoms with Crippen molar-refractivity contribution in [1.82, 2.24) is 4.98 Å². The number of rotatable bonds is 9. The van der Waals surface area contributed by atoms with Crippen LogP contribution in [0.5, 0.6) is 0 Å². The van der Waals surface area contributed by atoms with Crippen LogP contribution in [-0.2, 0) is 25.5 Å². The predicted octanol–water partition coefficient (Wildman–Crippen LogP) is 7.46. The number of nitrogens with zero attached hydrogens (tertiary/aromatic N) is 1. The van der Waals surface area contributed by atoms with Crippen LogP contribution in [0.3, 0.4) is 0 Å². The minimum Gasteiger partial charge on any atom is -0.469 e. The Balaban J connectivity index is 2.04. The van der Waals surface area contributed by atoms with Crippen LogP contribution in [-0.4, -0.2) is 44.9 Å². The molecule has 0 bridgehead atoms. The summed E-state index contributed by atoms with van der Waals surface area (Å²) in [5.74, 6) is 3.02. The number of allylic oxidation sites excluding steroid dienone is 3. The molecule has 0 aliphatic carbocycles. The van der Waals surface area contributed by atoms with Crippen molar-refractivity contribution in [3.05, 3.63) is 99.9 Å². The topological polar surface area (TPSA) is 80.8 Å². The summed E-state index contributed by atoms with van der Waals surface area (Å²) in [7, 11) is 1.00. The molecule has 2 aromatic carbocycles. The molecular formula is C36H40N2O4Si. The zero-order chi connectivity index (χ0) is 31.1. The molecule has 1 aromatic heterocycles. The van der Waals surface area contributed by atoms with Crippen molar-refractivity contribution >= 4 is 31.3 Å². The van der Waals surface area contributed by atoms with Gasteiger partial charge in [-0.1, -0.05) is 86.2 Å². The number of ether oxygens (including phenoxy) is 2. The monoisotopic (exact) mass is 592 g/mol. The van der Waals surface area contributed by atoms with Gasteiger partial charge in [0.2, 0.25) is 0 Å². The highest BCUT2D eigenvalue weighted by Gasteiger charge is 2.28. The number of aromatic amines is 1. The maximum atomic E-state index is 12.3. The standard InChI is InChI=1S/C36H40N2O4Si/c1-24-28(18-20-31(39)41-3)35(37-33(24)26-14-10-8-11-15-26)30(22-23-43(5,6)7)36-29(19-21-32(40)42-4)25(2)34(38-36)27-16-12-9-13-17-27/h8-17,37H,18-21H2,1-7H3/b36-30-. The molecule has 1 aliphatic rings. The van der Waals surface area contributed by atoms with Crippen LogP contribution < -0.4 is 0 Å². The van der Waals surface area contributed by atoms with E-state index in [0.29, 0.717) is 12.8 Å². The molecule has 1 aliphatic heterocycles. The number of benzene rings is 2. The average molecular weight is 593 g/mol. The van der Waals surface area contributed by atoms with E-state index in [4.69, 9.17) is 14.5 Å². The Labute approximate surface area is 255 Å². The van der Waals surface area contributed by atoms with Gasteiger partial charge in [0.05, 0.1) is 36.9 Å². The van der Waals surface area contributed by atoms with Crippen LogP contribution >= 0.6 is 0 Å². The SMILES string of the molecule is COC(=O)CCC1=C(C)C(c2ccccc2)=N/C1=C(/C#C[Si](C)(C)C)c1[nH]c(-c2ccccc2)c(C)c1CCC(=O)OC. The van der Waals surface area contributed by atoms with Gasteiger partial charge in [-0.25, -0.2) is 4.99 Å². The van der Waals surface area contributed by atoms with Crippen LogP contribution in [0, 0.1) is 18.4 Å². The first kappa shape index (κ1) is 31.5. The molecule has 222 valence electrons. The van der Waals surface area contributed by atoms with Gasteiger partial charge in [-0.15, -0.1) is 5.54 Å². The van der Waals surface area contributed by atoms with Gasteiger partial charge < -0.3 is 14.5 Å². The normalized spacial score (nSPS) is 14.2. The van der Waals surface area contributed by atoms with Gasteiger partial charge in [-0.2, -0.15) is 0 Å². The molecule has 2 heterocycles. The lowest BCUT2D eigenvalue weighted by molar-refractivity contribution is -0.141. The van der Waals surface area contributed by atoms with Gasteiger partial charge in [-0.05, 0) is 54.5 Å². The third-order valence-corrected chi connectivity index (χ3v) is 8.34. The Kier molecular flexibility index (Phi) is 10.0. The number of aromatic nitrogens is 1. The smallest absolute Gasteiger partial charge is 0.305 e. The Morgan fingerprint density at radius 3 is 1.95 bits per heavy atom. The first-order chi connectivity index (χ1) is 20.5. The molecule has 3 aromatic rings. The van der Waals surface area contributed by atoms with Crippen molar-refractivity contribution in [1.29, 1.82) is 0 Å². The van der Waals surface area contributed by atoms with E-state index in [1.54, 1.807) is 0 Å². The molecule has 0 atom stereocenters. The van der Waals surface area contributed by atoms with Gasteiger partial charge >= 0.3 is 11.9 Å². The van der Waals surface area contributed by atoms with Crippen LogP contribution in [0.15, 0.2) is 82.5 Å². The first-order valence-electron chi connectivity index (χ1n) is 14.6. The van der Waals surface area contributed by atoms with Gasteiger partial charge in [0.1, 0.15) is 8.07 Å². The van der Waals surface area contributed by atoms with E-state index in [2.05, 4.69) is 62.1 Å². The van der Waals surface area contributed by atoms with E-state index in [0.717, 1.165) is 61.8 Å². The van der Waals surface area contributed by atoms with Crippen LogP contribution in [0.2, 0.25) is 19.6 Å². The fourth-order valence-corrected chi connectivity index (χ4v) is 5.67. The molecule has 0 radical (unpaired) electrons. The highest BCUT2D eigenvalue weighted by molar-refractivity contribution is 6.84. The number of hydrogen-bond donors (Lipinski definition) is 1. The Morgan fingerprint density at radius 1 is 0.837 bits per heavy atom. The zero-order valence-corrected chi connectivity index (χ0v) is 27.2. The molecule has 1 N–H and O–H groups in total. The number of hydrogen-bond acceptors (Lipinski definition) is 5. The number of nitrogens with one attached hydrogen (secondary N) is 1. The lowest BCUT2D eigenvalue weighted by Crippen LogP contribution is -2.16. The Bertz CT molecular complexity index is 1660. The van der Waals surface area contributed by atoms with E-state index in [-0.39, 0.29) is 24.8 Å². The first-order valence-corrected chi connectivity index (χ1v) is 18.1. The molecule has 0 saturated carbocycles. The van der Waals surface area contributed by atoms with Crippen molar-refractivity contribution in [2.24, 2.45) is 4.99 Å². The summed E-state index contributed by atoms with van der Waals surface area (Å²) in [5, 5.41) is 0. The summed E-state index contributed by atoms with van der Waals surface area (Å²) in [4.78, 5) is 33.5. The van der Waals surface area contributed by atoms with E-state index >= 15 is 0 Å². The van der Waals surface area contributed by atoms with Crippen molar-refractivity contribution in [2.45, 2.75) is 59.2 Å². The van der Waals surface area contributed by atoms with Crippen molar-refractivity contribution < 1.29 is 19.1 Å². The summed E-state index contributed by atoms with van der Waals surface area (Å²) < 4.78 is 9.99. The molecule has 0 saturated heterocycles. The predicted molar refractivity (Wildman–Crippen MR) is 176 cm³/mol. The molecule has 43 heavy (non-hydrogen) atoms. The largest absolute Gasteiger partial charge is 0.469 e. The summed E-state index contributed by atoms with van der Waals surface area (Å²) in [6.07, 6.45) is 1.42. The van der Waals surface area contributed by atoms with Crippen LogP contribution in [0.1, 0.15) is 48.6 Å². The lowest BCUT2D eigenvalue weighted by Gasteiger charge is -2.12. The number of carbonyl (C=O) groups excluding carboxylic acids is 2. The molecule has 7 heteroatoms. The second kappa shape index (κ2) is 13.7. The third-order valence-electron chi connectivity index (χ3n) is 7.47. The molecule has 0 unspecified atom stereocenters. The summed E-state index contributed by atoms with van der Waals surface area (Å²) in [6, 6.07) is 20.2. The Hall–Kier alpha value is -4.41. The molecule has 0 fully saturated rings. The summed E-state index contributed by atoms with van der Waals surface area (Å²) >= 11 is 0. The van der Waals surface area contributed by atoms with Crippen molar-refractivity contribution in [3.8, 4) is 22.7 Å². The number of methoxy groups -OCH3 is 2. The fraction of sp³-hybridized carbons (Fsp3) is 0.306. The average Bonchev–Trinajstić information content (AvgIpc) is 3.50. The van der Waals surface area contributed by atoms with Gasteiger partial charge in [0.25, 0.3) is 0 Å². The quantitative estimate of drug-likeness (QED) is 0.159. The van der Waals surface area contributed by atoms with E-state index in [1.165, 1.54) is 14.2 Å². The van der Waals surface area contributed by atoms with E-state index in [1.807, 2.05) is 48.5 Å². The van der Waals surface area contributed by atoms with Gasteiger partial charge in [-0.3, -0.25) is 9.59 Å². The lowest BCUT2D eigenvalue weighted by atomic mass is 9.93. The van der Waals surface area contributed by atoms with Gasteiger partial charge in [0, 0.05) is 24.1 Å². The number of carbonyl (C=O) groups is 2. The number of H-pyrrole nitrogens is 1.